The van der Waals surface area contributed by atoms with Crippen molar-refractivity contribution in [3.63, 3.8) is 0 Å². The lowest BCUT2D eigenvalue weighted by Gasteiger charge is -2.25. The molecule has 36 heavy (non-hydrogen) atoms. The minimum Gasteiger partial charge on any atom is -0.497 e. The Morgan fingerprint density at radius 3 is 2.17 bits per heavy atom. The van der Waals surface area contributed by atoms with Crippen molar-refractivity contribution in [2.24, 2.45) is 0 Å². The van der Waals surface area contributed by atoms with E-state index >= 15 is 0 Å². The molecule has 0 saturated heterocycles. The summed E-state index contributed by atoms with van der Waals surface area (Å²) in [6, 6.07) is 15.1. The van der Waals surface area contributed by atoms with E-state index in [0.717, 1.165) is 17.7 Å². The Bertz CT molecular complexity index is 1300. The summed E-state index contributed by atoms with van der Waals surface area (Å²) in [6.07, 6.45) is 0.0656. The molecule has 0 spiro atoms. The number of amides is 3. The van der Waals surface area contributed by atoms with Crippen LogP contribution < -0.4 is 24.4 Å². The summed E-state index contributed by atoms with van der Waals surface area (Å²) in [5.74, 6) is -1.94. The van der Waals surface area contributed by atoms with Crippen molar-refractivity contribution in [2.75, 3.05) is 23.8 Å². The van der Waals surface area contributed by atoms with Gasteiger partial charge in [0.1, 0.15) is 23.4 Å². The number of likely N-dealkylation sites (N-methyl/N-ethyl adjacent to an activating group) is 1. The molecule has 3 aromatic rings. The normalized spacial score (nSPS) is 11.8. The van der Waals surface area contributed by atoms with Gasteiger partial charge < -0.3 is 15.0 Å². The molecular weight excluding hydrogens is 494 g/mol. The van der Waals surface area contributed by atoms with Crippen LogP contribution in [0.5, 0.6) is 5.75 Å². The molecule has 0 fully saturated rings. The number of carbonyl (C=O) groups is 2. The molecule has 3 N–H and O–H groups in total. The fourth-order valence-corrected chi connectivity index (χ4v) is 4.10. The van der Waals surface area contributed by atoms with Crippen molar-refractivity contribution in [3.8, 4) is 5.75 Å². The molecule has 0 aromatic heterocycles. The van der Waals surface area contributed by atoms with E-state index in [1.165, 1.54) is 19.1 Å². The fourth-order valence-electron chi connectivity index (χ4n) is 3.32. The van der Waals surface area contributed by atoms with Crippen molar-refractivity contribution in [2.45, 2.75) is 12.5 Å². The van der Waals surface area contributed by atoms with Crippen LogP contribution in [-0.2, 0) is 21.4 Å². The lowest BCUT2D eigenvalue weighted by Crippen LogP contribution is -2.53. The number of nitrogens with zero attached hydrogens (tertiary/aromatic N) is 1. The summed E-state index contributed by atoms with van der Waals surface area (Å²) >= 11 is 0. The minimum absolute atomic E-state index is 0.0656. The van der Waals surface area contributed by atoms with Crippen molar-refractivity contribution < 1.29 is 31.5 Å². The molecule has 3 amide bonds. The van der Waals surface area contributed by atoms with Gasteiger partial charge in [0.2, 0.25) is 5.91 Å². The molecule has 0 radical (unpaired) electrons. The maximum absolute atomic E-state index is 13.4. The predicted molar refractivity (Wildman–Crippen MR) is 131 cm³/mol. The maximum Gasteiger partial charge on any atom is 0.330 e. The van der Waals surface area contributed by atoms with E-state index in [0.29, 0.717) is 17.5 Å². The Hall–Kier alpha value is -4.19. The zero-order chi connectivity index (χ0) is 26.3. The zero-order valence-electron chi connectivity index (χ0n) is 19.4. The lowest BCUT2D eigenvalue weighted by atomic mass is 10.0. The molecule has 9 nitrogen and oxygen atoms in total. The van der Waals surface area contributed by atoms with Crippen LogP contribution in [0.4, 0.5) is 25.0 Å². The third-order valence-corrected chi connectivity index (χ3v) is 5.98. The molecule has 3 aromatic carbocycles. The molecule has 12 heteroatoms. The van der Waals surface area contributed by atoms with E-state index in [1.54, 1.807) is 59.3 Å². The highest BCUT2D eigenvalue weighted by Gasteiger charge is 2.27. The minimum atomic E-state index is -4.58. The summed E-state index contributed by atoms with van der Waals surface area (Å²) in [5.41, 5.74) is 0.808. The monoisotopic (exact) mass is 518 g/mol. The van der Waals surface area contributed by atoms with Gasteiger partial charge in [-0.25, -0.2) is 18.3 Å². The summed E-state index contributed by atoms with van der Waals surface area (Å²) < 4.78 is 60.0. The summed E-state index contributed by atoms with van der Waals surface area (Å²) in [5, 5.41) is 2.37. The molecule has 190 valence electrons. The fraction of sp³-hybridized carbons (Fsp3) is 0.167. The van der Waals surface area contributed by atoms with E-state index in [4.69, 9.17) is 4.74 Å². The van der Waals surface area contributed by atoms with Gasteiger partial charge >= 0.3 is 16.2 Å². The number of nitrogens with one attached hydrogen (secondary N) is 3. The summed E-state index contributed by atoms with van der Waals surface area (Å²) in [7, 11) is -1.55. The molecule has 0 bridgehead atoms. The first kappa shape index (κ1) is 26.4. The molecule has 1 atom stereocenters. The van der Waals surface area contributed by atoms with Crippen LogP contribution in [0, 0.1) is 11.6 Å². The van der Waals surface area contributed by atoms with Gasteiger partial charge in [-0.3, -0.25) is 9.52 Å². The summed E-state index contributed by atoms with van der Waals surface area (Å²) in [6.45, 7) is 0. The second kappa shape index (κ2) is 11.5. The first-order chi connectivity index (χ1) is 17.1. The average molecular weight is 519 g/mol. The van der Waals surface area contributed by atoms with Gasteiger partial charge in [0.05, 0.1) is 12.8 Å². The Labute approximate surface area is 207 Å². The number of urea groups is 1. The Morgan fingerprint density at radius 2 is 1.58 bits per heavy atom. The molecule has 0 saturated carbocycles. The number of anilines is 2. The standard InChI is InChI=1S/C24H24F2N4O5S/c1-30(20-8-10-21(35-2)11-9-20)23(31)22(12-16-6-4-3-5-7-16)27-24(32)29-36(33,34)28-19-14-17(25)13-18(26)15-19/h3-11,13-15,22,28H,12H2,1-2H3,(H2,27,29,32)/t22-/m0/s1. The molecule has 0 aliphatic carbocycles. The number of carbonyl (C=O) groups excluding carboxylic acids is 2. The van der Waals surface area contributed by atoms with Crippen LogP contribution in [0.2, 0.25) is 0 Å². The number of hydrogen-bond acceptors (Lipinski definition) is 5. The Balaban J connectivity index is 1.76. The van der Waals surface area contributed by atoms with Crippen molar-refractivity contribution >= 4 is 33.5 Å². The van der Waals surface area contributed by atoms with Gasteiger partial charge in [0, 0.05) is 25.2 Å². The van der Waals surface area contributed by atoms with Gasteiger partial charge in [-0.1, -0.05) is 30.3 Å². The second-order valence-corrected chi connectivity index (χ2v) is 9.09. The van der Waals surface area contributed by atoms with Crippen molar-refractivity contribution in [3.05, 3.63) is 90.0 Å². The first-order valence-corrected chi connectivity index (χ1v) is 12.1. The van der Waals surface area contributed by atoms with Crippen LogP contribution in [0.15, 0.2) is 72.8 Å². The number of methoxy groups -OCH3 is 1. The van der Waals surface area contributed by atoms with Crippen LogP contribution >= 0.6 is 0 Å². The number of ether oxygens (including phenoxy) is 1. The topological polar surface area (TPSA) is 117 Å². The molecular formula is C24H24F2N4O5S. The van der Waals surface area contributed by atoms with Gasteiger partial charge in [0.15, 0.2) is 0 Å². The SMILES string of the molecule is COc1ccc(N(C)C(=O)[C@H](Cc2ccccc2)NC(=O)NS(=O)(=O)Nc2cc(F)cc(F)c2)cc1. The number of benzene rings is 3. The van der Waals surface area contributed by atoms with Crippen LogP contribution in [0.25, 0.3) is 0 Å². The molecule has 0 heterocycles. The highest BCUT2D eigenvalue weighted by atomic mass is 32.2. The van der Waals surface area contributed by atoms with Gasteiger partial charge in [0.25, 0.3) is 0 Å². The molecule has 3 rings (SSSR count). The van der Waals surface area contributed by atoms with Gasteiger partial charge in [-0.05, 0) is 42.0 Å². The maximum atomic E-state index is 13.4. The predicted octanol–water partition coefficient (Wildman–Crippen LogP) is 3.20. The van der Waals surface area contributed by atoms with E-state index in [1.807, 2.05) is 4.72 Å². The number of rotatable bonds is 9. The Kier molecular flexibility index (Phi) is 8.43. The lowest BCUT2D eigenvalue weighted by molar-refractivity contribution is -0.120. The highest BCUT2D eigenvalue weighted by Crippen LogP contribution is 2.19. The number of hydrogen-bond donors (Lipinski definition) is 3. The van der Waals surface area contributed by atoms with E-state index in [-0.39, 0.29) is 6.42 Å². The van der Waals surface area contributed by atoms with E-state index in [2.05, 4.69) is 5.32 Å². The third kappa shape index (κ3) is 7.40. The largest absolute Gasteiger partial charge is 0.497 e. The van der Waals surface area contributed by atoms with E-state index < -0.39 is 45.5 Å². The van der Waals surface area contributed by atoms with Crippen molar-refractivity contribution in [1.82, 2.24) is 10.0 Å². The zero-order valence-corrected chi connectivity index (χ0v) is 20.2. The molecule has 0 aliphatic rings. The van der Waals surface area contributed by atoms with E-state index in [9.17, 15) is 26.8 Å². The van der Waals surface area contributed by atoms with Crippen LogP contribution in [0.3, 0.4) is 0 Å². The Morgan fingerprint density at radius 1 is 0.972 bits per heavy atom. The van der Waals surface area contributed by atoms with Crippen molar-refractivity contribution in [1.29, 1.82) is 0 Å². The van der Waals surface area contributed by atoms with Gasteiger partial charge in [-0.2, -0.15) is 8.42 Å². The summed E-state index contributed by atoms with van der Waals surface area (Å²) in [4.78, 5) is 27.1. The second-order valence-electron chi connectivity index (χ2n) is 7.68. The smallest absolute Gasteiger partial charge is 0.330 e. The molecule has 0 aliphatic heterocycles. The highest BCUT2D eigenvalue weighted by molar-refractivity contribution is 7.91. The number of halogens is 2. The first-order valence-electron chi connectivity index (χ1n) is 10.6. The average Bonchev–Trinajstić information content (AvgIpc) is 2.82. The molecule has 0 unspecified atom stereocenters. The quantitative estimate of drug-likeness (QED) is 0.402. The van der Waals surface area contributed by atoms with Crippen LogP contribution in [-0.4, -0.2) is 40.6 Å². The van der Waals surface area contributed by atoms with Crippen LogP contribution in [0.1, 0.15) is 5.56 Å². The van der Waals surface area contributed by atoms with Gasteiger partial charge in [-0.15, -0.1) is 0 Å². The third-order valence-electron chi connectivity index (χ3n) is 5.02.